The molecular weight excluding hydrogens is 1310 g/mol. The third-order valence-corrected chi connectivity index (χ3v) is 14.1. The Morgan fingerprint density at radius 1 is 0.455 bits per heavy atom. The summed E-state index contributed by atoms with van der Waals surface area (Å²) < 4.78 is 4.77. The number of amides is 3. The molecule has 11 nitrogen and oxygen atoms in total. The van der Waals surface area contributed by atoms with E-state index in [1.807, 2.05) is 46.9 Å². The molecule has 0 saturated carbocycles. The number of hydrogen-bond donors (Lipinski definition) is 0. The van der Waals surface area contributed by atoms with Crippen molar-refractivity contribution in [2.45, 2.75) is 329 Å². The summed E-state index contributed by atoms with van der Waals surface area (Å²) in [5.74, 6) is 10.7. The summed E-state index contributed by atoms with van der Waals surface area (Å²) in [6, 6.07) is 0. The predicted molar refractivity (Wildman–Crippen MR) is 469 cm³/mol. The fourth-order valence-corrected chi connectivity index (χ4v) is 7.84. The fraction of sp³-hybridized carbons (Fsp3) is 0.805. The van der Waals surface area contributed by atoms with Crippen molar-refractivity contribution in [3.05, 3.63) is 47.9 Å². The molecule has 0 rings (SSSR count). The molecule has 0 spiro atoms. The lowest BCUT2D eigenvalue weighted by atomic mass is 9.90. The first-order chi connectivity index (χ1) is 43.6. The molecule has 101 heavy (non-hydrogen) atoms. The molecule has 0 heterocycles. The van der Waals surface area contributed by atoms with E-state index in [4.69, 9.17) is 4.74 Å². The number of rotatable bonds is 13. The van der Waals surface area contributed by atoms with Crippen LogP contribution in [0.2, 0.25) is 0 Å². The Labute approximate surface area is 643 Å². The Morgan fingerprint density at radius 2 is 0.812 bits per heavy atom. The Morgan fingerprint density at radius 3 is 0.941 bits per heavy atom. The van der Waals surface area contributed by atoms with Gasteiger partial charge in [-0.1, -0.05) is 303 Å². The third kappa shape index (κ3) is 178. The van der Waals surface area contributed by atoms with Crippen LogP contribution in [0, 0.1) is 59.6 Å². The van der Waals surface area contributed by atoms with E-state index in [9.17, 15) is 33.6 Å². The van der Waals surface area contributed by atoms with E-state index >= 15 is 0 Å². The van der Waals surface area contributed by atoms with Crippen LogP contribution in [0.4, 0.5) is 0 Å². The molecule has 2 atom stereocenters. The van der Waals surface area contributed by atoms with Gasteiger partial charge in [0.25, 0.3) is 0 Å². The predicted octanol–water partition coefficient (Wildman–Crippen LogP) is 25.3. The summed E-state index contributed by atoms with van der Waals surface area (Å²) in [5.41, 5.74) is 3.11. The van der Waals surface area contributed by atoms with Gasteiger partial charge in [0.2, 0.25) is 17.7 Å². The molecule has 3 amide bonds. The van der Waals surface area contributed by atoms with Gasteiger partial charge < -0.3 is 24.2 Å². The first-order valence-electron chi connectivity index (χ1n) is 36.1. The van der Waals surface area contributed by atoms with Crippen LogP contribution in [0.1, 0.15) is 329 Å². The number of ether oxygens (including phenoxy) is 1. The van der Waals surface area contributed by atoms with Gasteiger partial charge >= 0.3 is 5.97 Å². The molecule has 2 unspecified atom stereocenters. The van der Waals surface area contributed by atoms with Crippen molar-refractivity contribution >= 4 is 84.8 Å². The van der Waals surface area contributed by atoms with Crippen molar-refractivity contribution in [1.82, 2.24) is 14.7 Å². The smallest absolute Gasteiger partial charge is 0.302 e. The summed E-state index contributed by atoms with van der Waals surface area (Å²) >= 11 is 1.40. The molecule has 0 fully saturated rings. The minimum absolute atomic E-state index is 0. The number of hydrogen-bond acceptors (Lipinski definition) is 9. The molecule has 0 aromatic rings. The van der Waals surface area contributed by atoms with Crippen LogP contribution >= 0.6 is 32.7 Å². The highest BCUT2D eigenvalue weighted by Gasteiger charge is 2.17. The Kier molecular flexibility index (Phi) is 76.0. The molecule has 0 aromatic carbocycles. The van der Waals surface area contributed by atoms with Gasteiger partial charge in [-0.3, -0.25) is 28.8 Å². The number of carbonyl (C=O) groups excluding carboxylic acids is 7. The van der Waals surface area contributed by atoms with E-state index in [-0.39, 0.29) is 85.0 Å². The summed E-state index contributed by atoms with van der Waals surface area (Å²) in [5, 5.41) is 2.38. The third-order valence-electron chi connectivity index (χ3n) is 11.1. The summed E-state index contributed by atoms with van der Waals surface area (Å²) in [7, 11) is 9.51. The Bertz CT molecular complexity index is 2150. The first-order valence-corrected chi connectivity index (χ1v) is 40.9. The molecule has 0 N–H and O–H groups in total. The number of allylic oxidation sites excluding steroid dienone is 6. The van der Waals surface area contributed by atoms with Crippen LogP contribution in [-0.2, 0) is 38.3 Å². The highest BCUT2D eigenvalue weighted by molar-refractivity contribution is 8.16. The minimum atomic E-state index is -0.204. The molecule has 0 saturated heterocycles. The van der Waals surface area contributed by atoms with Crippen LogP contribution in [0.25, 0.3) is 0 Å². The van der Waals surface area contributed by atoms with Gasteiger partial charge in [-0.25, -0.2) is 0 Å². The van der Waals surface area contributed by atoms with Gasteiger partial charge in [-0.15, -0.1) is 0 Å². The number of carbonyl (C=O) groups is 7. The number of thioether (sulfide) groups is 1. The largest absolute Gasteiger partial charge is 0.465 e. The molecule has 0 aromatic heterocycles. The van der Waals surface area contributed by atoms with Crippen LogP contribution in [0.3, 0.4) is 0 Å². The first kappa shape index (κ1) is 124. The van der Waals surface area contributed by atoms with E-state index < -0.39 is 0 Å². The van der Waals surface area contributed by atoms with Gasteiger partial charge in [0.15, 0.2) is 10.9 Å². The van der Waals surface area contributed by atoms with E-state index in [1.54, 1.807) is 82.7 Å². The molecule has 14 heteroatoms. The standard InChI is InChI=1S/C9H19NO.C9H17NO.C8H17NO.C8H16O.C8H14O.C8H18S.C8H16S.C7H14O2.C7H14OS.C7H16.C7H14.CH4/c2*1-9(2,3)7-6-8(11)10(4)5;1-7(10)9(5)6-8(2,3)4;2*1-7(9)5-6-8(2,3)4;2*1-8(2,3)6-7-9(4)5;2*1-6(8)9-5-7(2,3)4;2*1-5-6-7(2,3)4;/h6-7H2,1-5H3;6-7H,1-5H3;6H2,1-5H3;5-6H2,1-4H3;5-6H,1-4H3;4,6-7H2,1-3,5H3;6-7H,4H2,1-3,5H3;2*5H2,1-4H3;5-6H2,1-4H3;5-6H,1-4H3;1H4/b;7-6+;;;6-5+;;7-6+;;;;6-5+;. The topological polar surface area (TPSA) is 138 Å². The second kappa shape index (κ2) is 61.8. The zero-order chi connectivity index (χ0) is 83.3. The monoisotopic (exact) mass is 1490 g/mol. The molecule has 0 aliphatic heterocycles. The van der Waals surface area contributed by atoms with Gasteiger partial charge in [0, 0.05) is 81.1 Å². The number of Topliss-reactive ketones (excluding diaryl/α,β-unsaturated/α-hetero) is 1. The molecule has 608 valence electrons. The SMILES string of the molecule is C.C/C=C/C(C)(C)C.C=S(C)/C=C/C(C)(C)C.C=S(C)CCC(C)(C)C.CC(=O)/C=C/C(C)(C)C.CC(=O)CCC(C)(C)C.CC(=O)N(C)CC(C)(C)C.CC(=O)OCC(C)(C)C.CC(=O)SCC(C)(C)C.CCCC(C)(C)C.CN(C)C(=O)/C=C/C(C)(C)C.CN(C)C(=O)CCC(C)(C)C. The van der Waals surface area contributed by atoms with Gasteiger partial charge in [0.05, 0.1) is 6.61 Å². The molecule has 0 aliphatic rings. The maximum absolute atomic E-state index is 11.1. The zero-order valence-electron chi connectivity index (χ0n) is 75.6. The number of likely N-dealkylation sites (N-methyl/N-ethyl adjacent to an activating group) is 1. The second-order valence-electron chi connectivity index (χ2n) is 39.3. The molecule has 0 radical (unpaired) electrons. The number of ketones is 2. The van der Waals surface area contributed by atoms with Crippen LogP contribution < -0.4 is 0 Å². The molecule has 0 aliphatic carbocycles. The van der Waals surface area contributed by atoms with E-state index in [0.717, 1.165) is 31.6 Å². The second-order valence-corrected chi connectivity index (χ2v) is 44.1. The lowest BCUT2D eigenvalue weighted by Crippen LogP contribution is -2.32. The van der Waals surface area contributed by atoms with Crippen LogP contribution in [0.15, 0.2) is 47.9 Å². The van der Waals surface area contributed by atoms with E-state index in [2.05, 4.69) is 263 Å². The van der Waals surface area contributed by atoms with Crippen molar-refractivity contribution in [3.63, 3.8) is 0 Å². The van der Waals surface area contributed by atoms with Crippen molar-refractivity contribution in [3.8, 4) is 0 Å². The highest BCUT2D eigenvalue weighted by Crippen LogP contribution is 2.25. The lowest BCUT2D eigenvalue weighted by molar-refractivity contribution is -0.143. The van der Waals surface area contributed by atoms with Crippen molar-refractivity contribution in [2.75, 3.05) is 72.4 Å². The summed E-state index contributed by atoms with van der Waals surface area (Å²) in [4.78, 5) is 79.4. The Balaban J connectivity index is -0.0000000864. The number of esters is 1. The highest BCUT2D eigenvalue weighted by atomic mass is 32.2. The lowest BCUT2D eigenvalue weighted by Gasteiger charge is -2.25. The minimum Gasteiger partial charge on any atom is -0.465 e. The summed E-state index contributed by atoms with van der Waals surface area (Å²) in [6.45, 7) is 84.3. The van der Waals surface area contributed by atoms with Crippen molar-refractivity contribution < 1.29 is 38.3 Å². The van der Waals surface area contributed by atoms with E-state index in [0.29, 0.717) is 56.4 Å². The number of nitrogens with zero attached hydrogens (tertiary/aromatic N) is 3. The maximum atomic E-state index is 11.1. The quantitative estimate of drug-likeness (QED) is 0.0763. The molecular formula is C87H179N3O8S3. The average Bonchev–Trinajstić information content (AvgIpc) is 1.12. The van der Waals surface area contributed by atoms with Crippen molar-refractivity contribution in [2.24, 2.45) is 59.6 Å². The van der Waals surface area contributed by atoms with Crippen LogP contribution in [0.5, 0.6) is 0 Å². The normalized spacial score (nSPS) is 12.4. The summed E-state index contributed by atoms with van der Waals surface area (Å²) in [6.07, 6.45) is 25.1. The van der Waals surface area contributed by atoms with Crippen LogP contribution in [-0.4, -0.2) is 139 Å². The maximum Gasteiger partial charge on any atom is 0.302 e. The van der Waals surface area contributed by atoms with Crippen molar-refractivity contribution in [1.29, 1.82) is 0 Å². The Hall–Kier alpha value is -3.36. The fourth-order valence-electron chi connectivity index (χ4n) is 5.60. The average molecular weight is 1490 g/mol. The van der Waals surface area contributed by atoms with Gasteiger partial charge in [-0.2, -0.15) is 21.0 Å². The van der Waals surface area contributed by atoms with Gasteiger partial charge in [-0.05, 0) is 142 Å². The van der Waals surface area contributed by atoms with Gasteiger partial charge in [0.1, 0.15) is 5.78 Å². The molecule has 0 bridgehead atoms. The zero-order valence-corrected chi connectivity index (χ0v) is 78.1. The van der Waals surface area contributed by atoms with E-state index in [1.165, 1.54) is 43.7 Å².